The van der Waals surface area contributed by atoms with Gasteiger partial charge in [0.2, 0.25) is 0 Å². The Hall–Kier alpha value is -1.32. The van der Waals surface area contributed by atoms with E-state index in [4.69, 9.17) is 16.7 Å². The fraction of sp³-hybridized carbons (Fsp3) is 0. The number of aromatic carboxylic acids is 1. The Kier molecular flexibility index (Phi) is 3.50. The van der Waals surface area contributed by atoms with E-state index in [1.165, 1.54) is 6.07 Å². The maximum Gasteiger partial charge on any atom is 0.336 e. The normalized spacial score (nSPS) is 10.2. The third-order valence-electron chi connectivity index (χ3n) is 2.38. The van der Waals surface area contributed by atoms with E-state index in [-0.39, 0.29) is 5.56 Å². The molecule has 17 heavy (non-hydrogen) atoms. The van der Waals surface area contributed by atoms with E-state index in [1.54, 1.807) is 12.1 Å². The van der Waals surface area contributed by atoms with E-state index >= 15 is 0 Å². The van der Waals surface area contributed by atoms with Gasteiger partial charge in [-0.3, -0.25) is 0 Å². The molecule has 0 aliphatic rings. The van der Waals surface area contributed by atoms with Gasteiger partial charge in [0.15, 0.2) is 0 Å². The molecule has 86 valence electrons. The van der Waals surface area contributed by atoms with Gasteiger partial charge in [-0.05, 0) is 35.4 Å². The minimum absolute atomic E-state index is 0.237. The lowest BCUT2D eigenvalue weighted by Crippen LogP contribution is -1.99. The van der Waals surface area contributed by atoms with Crippen molar-refractivity contribution < 1.29 is 9.90 Å². The Balaban J connectivity index is 2.70. The van der Waals surface area contributed by atoms with Crippen molar-refractivity contribution in [1.29, 1.82) is 0 Å². The lowest BCUT2D eigenvalue weighted by atomic mass is 10.00. The molecule has 0 radical (unpaired) electrons. The SMILES string of the molecule is O=C(O)c1ccc(Cl)cc1-c1ccccc1Br. The molecule has 2 aromatic rings. The van der Waals surface area contributed by atoms with Gasteiger partial charge in [0.25, 0.3) is 0 Å². The number of carboxylic acids is 1. The van der Waals surface area contributed by atoms with E-state index < -0.39 is 5.97 Å². The second kappa shape index (κ2) is 4.90. The molecule has 0 aliphatic carbocycles. The number of hydrogen-bond acceptors (Lipinski definition) is 1. The largest absolute Gasteiger partial charge is 0.478 e. The summed E-state index contributed by atoms with van der Waals surface area (Å²) in [6.07, 6.45) is 0. The Morgan fingerprint density at radius 1 is 1.12 bits per heavy atom. The molecule has 0 bridgehead atoms. The third kappa shape index (κ3) is 2.51. The number of rotatable bonds is 2. The number of halogens is 2. The summed E-state index contributed by atoms with van der Waals surface area (Å²) in [5, 5.41) is 9.66. The van der Waals surface area contributed by atoms with Gasteiger partial charge in [0.05, 0.1) is 5.56 Å². The molecule has 0 spiro atoms. The summed E-state index contributed by atoms with van der Waals surface area (Å²) >= 11 is 9.32. The first-order valence-electron chi connectivity index (χ1n) is 4.87. The highest BCUT2D eigenvalue weighted by Crippen LogP contribution is 2.32. The van der Waals surface area contributed by atoms with Gasteiger partial charge in [-0.25, -0.2) is 4.79 Å². The first-order chi connectivity index (χ1) is 8.09. The van der Waals surface area contributed by atoms with Gasteiger partial charge in [0.1, 0.15) is 0 Å². The highest BCUT2D eigenvalue weighted by atomic mass is 79.9. The van der Waals surface area contributed by atoms with Crippen LogP contribution in [0.4, 0.5) is 0 Å². The Morgan fingerprint density at radius 2 is 1.82 bits per heavy atom. The summed E-state index contributed by atoms with van der Waals surface area (Å²) in [4.78, 5) is 11.2. The van der Waals surface area contributed by atoms with Crippen LogP contribution in [-0.2, 0) is 0 Å². The standard InChI is InChI=1S/C13H8BrClO2/c14-12-4-2-1-3-9(12)11-7-8(15)5-6-10(11)13(16)17/h1-7H,(H,16,17). The molecule has 1 N–H and O–H groups in total. The molecule has 0 aromatic heterocycles. The average molecular weight is 312 g/mol. The summed E-state index contributed by atoms with van der Waals surface area (Å²) in [5.74, 6) is -0.965. The van der Waals surface area contributed by atoms with Crippen LogP contribution in [0, 0.1) is 0 Å². The molecule has 0 saturated heterocycles. The first kappa shape index (κ1) is 12.1. The second-order valence-corrected chi connectivity index (χ2v) is 4.77. The first-order valence-corrected chi connectivity index (χ1v) is 6.04. The Labute approximate surface area is 112 Å². The van der Waals surface area contributed by atoms with Crippen molar-refractivity contribution in [2.45, 2.75) is 0 Å². The van der Waals surface area contributed by atoms with Gasteiger partial charge in [-0.2, -0.15) is 0 Å². The number of carboxylic acid groups (broad SMARTS) is 1. The van der Waals surface area contributed by atoms with Crippen LogP contribution in [0.15, 0.2) is 46.9 Å². The van der Waals surface area contributed by atoms with Crippen LogP contribution in [-0.4, -0.2) is 11.1 Å². The summed E-state index contributed by atoms with van der Waals surface area (Å²) in [6.45, 7) is 0. The molecule has 0 atom stereocenters. The molecule has 2 rings (SSSR count). The summed E-state index contributed by atoms with van der Waals surface area (Å²) in [6, 6.07) is 12.2. The van der Waals surface area contributed by atoms with Gasteiger partial charge >= 0.3 is 5.97 Å². The number of carbonyl (C=O) groups is 1. The summed E-state index contributed by atoms with van der Waals surface area (Å²) in [7, 11) is 0. The van der Waals surface area contributed by atoms with Crippen LogP contribution < -0.4 is 0 Å². The molecule has 2 nitrogen and oxygen atoms in total. The maximum absolute atomic E-state index is 11.2. The van der Waals surface area contributed by atoms with Crippen molar-refractivity contribution in [3.05, 3.63) is 57.5 Å². The van der Waals surface area contributed by atoms with Crippen LogP contribution in [0.3, 0.4) is 0 Å². The Bertz CT molecular complexity index is 581. The number of benzene rings is 2. The van der Waals surface area contributed by atoms with E-state index in [2.05, 4.69) is 15.9 Å². The predicted molar refractivity (Wildman–Crippen MR) is 71.5 cm³/mol. The van der Waals surface area contributed by atoms with Crippen molar-refractivity contribution >= 4 is 33.5 Å². The third-order valence-corrected chi connectivity index (χ3v) is 3.30. The summed E-state index contributed by atoms with van der Waals surface area (Å²) in [5.41, 5.74) is 1.66. The molecule has 4 heteroatoms. The lowest BCUT2D eigenvalue weighted by Gasteiger charge is -2.08. The second-order valence-electron chi connectivity index (χ2n) is 3.47. The van der Waals surface area contributed by atoms with Crippen molar-refractivity contribution in [2.75, 3.05) is 0 Å². The highest BCUT2D eigenvalue weighted by Gasteiger charge is 2.13. The van der Waals surface area contributed by atoms with E-state index in [1.807, 2.05) is 24.3 Å². The topological polar surface area (TPSA) is 37.3 Å². The van der Waals surface area contributed by atoms with Gasteiger partial charge in [-0.15, -0.1) is 0 Å². The van der Waals surface area contributed by atoms with E-state index in [0.717, 1.165) is 10.0 Å². The molecule has 2 aromatic carbocycles. The summed E-state index contributed by atoms with van der Waals surface area (Å²) < 4.78 is 0.838. The van der Waals surface area contributed by atoms with Gasteiger partial charge in [-0.1, -0.05) is 45.7 Å². The van der Waals surface area contributed by atoms with Crippen molar-refractivity contribution in [1.82, 2.24) is 0 Å². The minimum atomic E-state index is -0.965. The van der Waals surface area contributed by atoms with Crippen molar-refractivity contribution in [2.24, 2.45) is 0 Å². The maximum atomic E-state index is 11.2. The Morgan fingerprint density at radius 3 is 2.47 bits per heavy atom. The van der Waals surface area contributed by atoms with E-state index in [9.17, 15) is 4.79 Å². The van der Waals surface area contributed by atoms with Crippen LogP contribution >= 0.6 is 27.5 Å². The van der Waals surface area contributed by atoms with Crippen LogP contribution in [0.5, 0.6) is 0 Å². The lowest BCUT2D eigenvalue weighted by molar-refractivity contribution is 0.0698. The van der Waals surface area contributed by atoms with Crippen molar-refractivity contribution in [3.8, 4) is 11.1 Å². The smallest absolute Gasteiger partial charge is 0.336 e. The minimum Gasteiger partial charge on any atom is -0.478 e. The van der Waals surface area contributed by atoms with Crippen LogP contribution in [0.1, 0.15) is 10.4 Å². The molecule has 0 fully saturated rings. The molecular weight excluding hydrogens is 303 g/mol. The predicted octanol–water partition coefficient (Wildman–Crippen LogP) is 4.47. The fourth-order valence-corrected chi connectivity index (χ4v) is 2.28. The average Bonchev–Trinajstić information content (AvgIpc) is 2.29. The van der Waals surface area contributed by atoms with Crippen LogP contribution in [0.25, 0.3) is 11.1 Å². The molecule has 0 amide bonds. The quantitative estimate of drug-likeness (QED) is 0.888. The molecule has 0 unspecified atom stereocenters. The zero-order valence-corrected chi connectivity index (χ0v) is 11.0. The monoisotopic (exact) mass is 310 g/mol. The molecule has 0 aliphatic heterocycles. The number of hydrogen-bond donors (Lipinski definition) is 1. The molecule has 0 heterocycles. The van der Waals surface area contributed by atoms with Gasteiger partial charge in [0, 0.05) is 9.50 Å². The van der Waals surface area contributed by atoms with Crippen LogP contribution in [0.2, 0.25) is 5.02 Å². The zero-order valence-electron chi connectivity index (χ0n) is 8.65. The zero-order chi connectivity index (χ0) is 12.4. The van der Waals surface area contributed by atoms with Crippen molar-refractivity contribution in [3.63, 3.8) is 0 Å². The van der Waals surface area contributed by atoms with E-state index in [0.29, 0.717) is 10.6 Å². The fourth-order valence-electron chi connectivity index (χ4n) is 1.61. The molecule has 0 saturated carbocycles. The highest BCUT2D eigenvalue weighted by molar-refractivity contribution is 9.10. The van der Waals surface area contributed by atoms with Gasteiger partial charge < -0.3 is 5.11 Å². The molecular formula is C13H8BrClO2.